The molecule has 0 saturated carbocycles. The first kappa shape index (κ1) is 15.1. The fraction of sp³-hybridized carbons (Fsp3) is 0.0625. The topological polar surface area (TPSA) is 77.2 Å². The highest BCUT2D eigenvalue weighted by molar-refractivity contribution is 6.33. The van der Waals surface area contributed by atoms with E-state index in [2.05, 4.69) is 9.97 Å². The Balaban J connectivity index is 2.02. The number of nitrogens with zero attached hydrogens (tertiary/aromatic N) is 3. The Morgan fingerprint density at radius 3 is 2.87 bits per heavy atom. The van der Waals surface area contributed by atoms with Crippen LogP contribution in [-0.2, 0) is 0 Å². The molecule has 0 radical (unpaired) electrons. The number of aromatic carboxylic acids is 1. The summed E-state index contributed by atoms with van der Waals surface area (Å²) in [5, 5.41) is 9.53. The Labute approximate surface area is 137 Å². The molecule has 1 aromatic carbocycles. The molecular weight excluding hydrogens is 318 g/mol. The molecule has 0 atom stereocenters. The van der Waals surface area contributed by atoms with Gasteiger partial charge >= 0.3 is 5.97 Å². The van der Waals surface area contributed by atoms with Crippen molar-refractivity contribution in [2.24, 2.45) is 0 Å². The molecule has 3 aromatic rings. The van der Waals surface area contributed by atoms with Crippen LogP contribution in [0.2, 0.25) is 5.02 Å². The van der Waals surface area contributed by atoms with Crippen molar-refractivity contribution in [3.05, 3.63) is 59.8 Å². The van der Waals surface area contributed by atoms with E-state index in [4.69, 9.17) is 21.4 Å². The molecule has 0 bridgehead atoms. The van der Waals surface area contributed by atoms with Gasteiger partial charge in [0.1, 0.15) is 5.75 Å². The van der Waals surface area contributed by atoms with Gasteiger partial charge in [-0.3, -0.25) is 4.98 Å². The number of hydrogen-bond donors (Lipinski definition) is 1. The molecule has 0 fully saturated rings. The number of rotatable bonds is 4. The Morgan fingerprint density at radius 2 is 2.13 bits per heavy atom. The second-order valence-corrected chi connectivity index (χ2v) is 5.16. The summed E-state index contributed by atoms with van der Waals surface area (Å²) >= 11 is 6.16. The Hall–Kier alpha value is -2.86. The van der Waals surface area contributed by atoms with Crippen LogP contribution in [0, 0.1) is 0 Å². The highest BCUT2D eigenvalue weighted by Crippen LogP contribution is 2.28. The molecule has 0 spiro atoms. The first-order valence-corrected chi connectivity index (χ1v) is 7.03. The van der Waals surface area contributed by atoms with Crippen molar-refractivity contribution in [3.63, 3.8) is 0 Å². The third-order valence-corrected chi connectivity index (χ3v) is 3.63. The van der Waals surface area contributed by atoms with Gasteiger partial charge in [0.05, 0.1) is 47.8 Å². The summed E-state index contributed by atoms with van der Waals surface area (Å²) in [6.07, 6.45) is 6.64. The molecule has 0 unspecified atom stereocenters. The number of methoxy groups -OCH3 is 1. The SMILES string of the molecule is COc1cncc(-n2cnc(-c3cc(C(=O)O)ccc3Cl)c2)c1. The van der Waals surface area contributed by atoms with E-state index in [1.165, 1.54) is 12.1 Å². The number of aromatic nitrogens is 3. The average Bonchev–Trinajstić information content (AvgIpc) is 3.05. The van der Waals surface area contributed by atoms with Gasteiger partial charge in [-0.1, -0.05) is 11.6 Å². The van der Waals surface area contributed by atoms with E-state index in [1.54, 1.807) is 42.7 Å². The smallest absolute Gasteiger partial charge is 0.335 e. The predicted octanol–water partition coefficient (Wildman–Crippen LogP) is 3.29. The van der Waals surface area contributed by atoms with Crippen molar-refractivity contribution in [3.8, 4) is 22.7 Å². The molecule has 0 aliphatic carbocycles. The molecule has 1 N–H and O–H groups in total. The second kappa shape index (κ2) is 6.10. The summed E-state index contributed by atoms with van der Waals surface area (Å²) in [4.78, 5) is 19.5. The van der Waals surface area contributed by atoms with E-state index >= 15 is 0 Å². The van der Waals surface area contributed by atoms with Crippen molar-refractivity contribution in [2.45, 2.75) is 0 Å². The molecule has 3 rings (SSSR count). The van der Waals surface area contributed by atoms with E-state index < -0.39 is 5.97 Å². The van der Waals surface area contributed by atoms with Gasteiger partial charge in [0.2, 0.25) is 0 Å². The van der Waals surface area contributed by atoms with Crippen LogP contribution in [0.1, 0.15) is 10.4 Å². The lowest BCUT2D eigenvalue weighted by molar-refractivity contribution is 0.0697. The predicted molar refractivity (Wildman–Crippen MR) is 85.3 cm³/mol. The minimum atomic E-state index is -1.01. The zero-order valence-electron chi connectivity index (χ0n) is 12.1. The van der Waals surface area contributed by atoms with Crippen LogP contribution >= 0.6 is 11.6 Å². The second-order valence-electron chi connectivity index (χ2n) is 4.75. The quantitative estimate of drug-likeness (QED) is 0.794. The number of benzene rings is 1. The highest BCUT2D eigenvalue weighted by Gasteiger charge is 2.12. The van der Waals surface area contributed by atoms with E-state index in [1.807, 2.05) is 6.07 Å². The maximum absolute atomic E-state index is 11.1. The third-order valence-electron chi connectivity index (χ3n) is 3.30. The first-order valence-electron chi connectivity index (χ1n) is 6.65. The molecule has 2 heterocycles. The van der Waals surface area contributed by atoms with E-state index in [0.29, 0.717) is 22.0 Å². The summed E-state index contributed by atoms with van der Waals surface area (Å²) < 4.78 is 6.90. The van der Waals surface area contributed by atoms with Crippen molar-refractivity contribution in [1.29, 1.82) is 0 Å². The van der Waals surface area contributed by atoms with Gasteiger partial charge in [-0.05, 0) is 18.2 Å². The van der Waals surface area contributed by atoms with Crippen LogP contribution in [0.5, 0.6) is 5.75 Å². The number of imidazole rings is 1. The van der Waals surface area contributed by atoms with Gasteiger partial charge < -0.3 is 14.4 Å². The van der Waals surface area contributed by atoms with Gasteiger partial charge in [0.25, 0.3) is 0 Å². The minimum Gasteiger partial charge on any atom is -0.495 e. The molecule has 0 aliphatic heterocycles. The largest absolute Gasteiger partial charge is 0.495 e. The van der Waals surface area contributed by atoms with Crippen molar-refractivity contribution < 1.29 is 14.6 Å². The maximum Gasteiger partial charge on any atom is 0.335 e. The zero-order chi connectivity index (χ0) is 16.4. The number of carboxylic acid groups (broad SMARTS) is 1. The van der Waals surface area contributed by atoms with Crippen LogP contribution in [0.3, 0.4) is 0 Å². The minimum absolute atomic E-state index is 0.155. The van der Waals surface area contributed by atoms with Crippen LogP contribution < -0.4 is 4.74 Å². The van der Waals surface area contributed by atoms with Crippen LogP contribution in [0.4, 0.5) is 0 Å². The molecule has 0 saturated heterocycles. The summed E-state index contributed by atoms with van der Waals surface area (Å²) in [6, 6.07) is 6.32. The Kier molecular flexibility index (Phi) is 3.99. The van der Waals surface area contributed by atoms with Crippen molar-refractivity contribution in [2.75, 3.05) is 7.11 Å². The Morgan fingerprint density at radius 1 is 1.30 bits per heavy atom. The first-order chi connectivity index (χ1) is 11.1. The molecular formula is C16H12ClN3O3. The molecule has 7 heteroatoms. The molecule has 2 aromatic heterocycles. The van der Waals surface area contributed by atoms with E-state index in [-0.39, 0.29) is 5.56 Å². The molecule has 116 valence electrons. The number of ether oxygens (including phenoxy) is 1. The van der Waals surface area contributed by atoms with Crippen LogP contribution in [-0.4, -0.2) is 32.7 Å². The zero-order valence-corrected chi connectivity index (χ0v) is 12.9. The third kappa shape index (κ3) is 3.02. The van der Waals surface area contributed by atoms with Crippen LogP contribution in [0.15, 0.2) is 49.2 Å². The number of hydrogen-bond acceptors (Lipinski definition) is 4. The standard InChI is InChI=1S/C16H12ClN3O3/c1-23-12-5-11(6-18-7-12)20-8-15(19-9-20)13-4-10(16(21)22)2-3-14(13)17/h2-9H,1H3,(H,21,22). The maximum atomic E-state index is 11.1. The van der Waals surface area contributed by atoms with Gasteiger partial charge in [0.15, 0.2) is 0 Å². The fourth-order valence-corrected chi connectivity index (χ4v) is 2.33. The molecule has 0 amide bonds. The number of carboxylic acids is 1. The number of pyridine rings is 1. The van der Waals surface area contributed by atoms with Gasteiger partial charge in [-0.2, -0.15) is 0 Å². The normalized spacial score (nSPS) is 10.5. The van der Waals surface area contributed by atoms with Crippen molar-refractivity contribution >= 4 is 17.6 Å². The lowest BCUT2D eigenvalue weighted by atomic mass is 10.1. The van der Waals surface area contributed by atoms with E-state index in [9.17, 15) is 4.79 Å². The van der Waals surface area contributed by atoms with Gasteiger partial charge in [-0.15, -0.1) is 0 Å². The highest BCUT2D eigenvalue weighted by atomic mass is 35.5. The number of carbonyl (C=O) groups is 1. The van der Waals surface area contributed by atoms with E-state index in [0.717, 1.165) is 5.69 Å². The Bertz CT molecular complexity index is 877. The summed E-state index contributed by atoms with van der Waals surface area (Å²) in [5.74, 6) is -0.386. The average molecular weight is 330 g/mol. The molecule has 0 aliphatic rings. The molecule has 6 nitrogen and oxygen atoms in total. The monoisotopic (exact) mass is 329 g/mol. The van der Waals surface area contributed by atoms with Crippen molar-refractivity contribution in [1.82, 2.24) is 14.5 Å². The summed E-state index contributed by atoms with van der Waals surface area (Å²) in [5.41, 5.74) is 2.05. The summed E-state index contributed by atoms with van der Waals surface area (Å²) in [6.45, 7) is 0. The lowest BCUT2D eigenvalue weighted by Gasteiger charge is -2.04. The molecule has 23 heavy (non-hydrogen) atoms. The fourth-order valence-electron chi connectivity index (χ4n) is 2.12. The lowest BCUT2D eigenvalue weighted by Crippen LogP contribution is -1.96. The van der Waals surface area contributed by atoms with Gasteiger partial charge in [-0.25, -0.2) is 9.78 Å². The number of halogens is 1. The van der Waals surface area contributed by atoms with Crippen LogP contribution in [0.25, 0.3) is 16.9 Å². The summed E-state index contributed by atoms with van der Waals surface area (Å²) in [7, 11) is 1.57. The van der Waals surface area contributed by atoms with Gasteiger partial charge in [0, 0.05) is 17.8 Å².